The molecule has 0 unspecified atom stereocenters. The maximum atomic E-state index is 12.7. The SMILES string of the molecule is COc1ccc(S(=O)(=O)NCCSCc2ccc(Cl)cc2)cc1N1CCCC1=O. The Labute approximate surface area is 180 Å². The average molecular weight is 455 g/mol. The van der Waals surface area contributed by atoms with Crippen molar-refractivity contribution in [3.63, 3.8) is 0 Å². The van der Waals surface area contributed by atoms with Crippen LogP contribution >= 0.6 is 23.4 Å². The number of sulfonamides is 1. The summed E-state index contributed by atoms with van der Waals surface area (Å²) in [5.74, 6) is 1.88. The van der Waals surface area contributed by atoms with E-state index < -0.39 is 10.0 Å². The maximum Gasteiger partial charge on any atom is 0.240 e. The number of anilines is 1. The lowest BCUT2D eigenvalue weighted by atomic mass is 10.2. The first-order valence-electron chi connectivity index (χ1n) is 9.21. The summed E-state index contributed by atoms with van der Waals surface area (Å²) >= 11 is 7.51. The molecule has 0 atom stereocenters. The predicted molar refractivity (Wildman–Crippen MR) is 117 cm³/mol. The molecule has 1 aliphatic heterocycles. The molecule has 9 heteroatoms. The summed E-state index contributed by atoms with van der Waals surface area (Å²) < 4.78 is 33.3. The zero-order chi connectivity index (χ0) is 20.9. The van der Waals surface area contributed by atoms with Crippen molar-refractivity contribution in [2.75, 3.05) is 30.9 Å². The first-order chi connectivity index (χ1) is 13.9. The summed E-state index contributed by atoms with van der Waals surface area (Å²) in [5.41, 5.74) is 1.63. The second-order valence-electron chi connectivity index (χ2n) is 6.56. The minimum Gasteiger partial charge on any atom is -0.495 e. The van der Waals surface area contributed by atoms with Crippen molar-refractivity contribution >= 4 is 45.0 Å². The third kappa shape index (κ3) is 5.66. The van der Waals surface area contributed by atoms with Gasteiger partial charge in [-0.2, -0.15) is 11.8 Å². The molecule has 0 radical (unpaired) electrons. The van der Waals surface area contributed by atoms with Gasteiger partial charge >= 0.3 is 0 Å². The molecule has 2 aromatic rings. The van der Waals surface area contributed by atoms with Crippen LogP contribution in [0.1, 0.15) is 18.4 Å². The van der Waals surface area contributed by atoms with Gasteiger partial charge < -0.3 is 9.64 Å². The van der Waals surface area contributed by atoms with Gasteiger partial charge in [0.15, 0.2) is 0 Å². The lowest BCUT2D eigenvalue weighted by Gasteiger charge is -2.20. The Bertz CT molecular complexity index is 965. The standard InChI is InChI=1S/C20H23ClN2O4S2/c1-27-19-9-8-17(13-18(19)23-11-2-3-20(23)24)29(25,26)22-10-12-28-14-15-4-6-16(21)7-5-15/h4-9,13,22H,2-3,10-12,14H2,1H3. The summed E-state index contributed by atoms with van der Waals surface area (Å²) in [6.07, 6.45) is 1.21. The number of nitrogens with zero attached hydrogens (tertiary/aromatic N) is 1. The van der Waals surface area contributed by atoms with Crippen molar-refractivity contribution in [3.8, 4) is 5.75 Å². The van der Waals surface area contributed by atoms with Crippen LogP contribution in [0.2, 0.25) is 5.02 Å². The van der Waals surface area contributed by atoms with Crippen molar-refractivity contribution in [2.24, 2.45) is 0 Å². The summed E-state index contributed by atoms with van der Waals surface area (Å²) in [5, 5.41) is 0.695. The second-order valence-corrected chi connectivity index (χ2v) is 9.87. The van der Waals surface area contributed by atoms with Gasteiger partial charge in [-0.1, -0.05) is 23.7 Å². The molecule has 0 aromatic heterocycles. The molecule has 29 heavy (non-hydrogen) atoms. The molecule has 0 saturated carbocycles. The third-order valence-corrected chi connectivity index (χ3v) is 7.29. The summed E-state index contributed by atoms with van der Waals surface area (Å²) in [6.45, 7) is 0.873. The molecule has 1 saturated heterocycles. The van der Waals surface area contributed by atoms with Crippen LogP contribution in [0.5, 0.6) is 5.75 Å². The molecular formula is C20H23ClN2O4S2. The quantitative estimate of drug-likeness (QED) is 0.585. The fraction of sp³-hybridized carbons (Fsp3) is 0.350. The Hall–Kier alpha value is -1.74. The average Bonchev–Trinajstić information content (AvgIpc) is 3.14. The van der Waals surface area contributed by atoms with Gasteiger partial charge in [0.05, 0.1) is 17.7 Å². The number of nitrogens with one attached hydrogen (secondary N) is 1. The van der Waals surface area contributed by atoms with Gasteiger partial charge in [0.1, 0.15) is 5.75 Å². The fourth-order valence-corrected chi connectivity index (χ4v) is 5.18. The van der Waals surface area contributed by atoms with Crippen LogP contribution in [-0.2, 0) is 20.6 Å². The molecule has 1 N–H and O–H groups in total. The van der Waals surface area contributed by atoms with E-state index in [1.54, 1.807) is 22.7 Å². The number of hydrogen-bond donors (Lipinski definition) is 1. The fourth-order valence-electron chi connectivity index (χ4n) is 3.05. The number of rotatable bonds is 9. The molecule has 0 bridgehead atoms. The van der Waals surface area contributed by atoms with Crippen LogP contribution < -0.4 is 14.4 Å². The van der Waals surface area contributed by atoms with Crippen LogP contribution in [0.4, 0.5) is 5.69 Å². The molecule has 1 fully saturated rings. The molecule has 3 rings (SSSR count). The highest BCUT2D eigenvalue weighted by Crippen LogP contribution is 2.33. The Kier molecular flexibility index (Phi) is 7.45. The van der Waals surface area contributed by atoms with Gasteiger partial charge in [-0.05, 0) is 42.3 Å². The predicted octanol–water partition coefficient (Wildman–Crippen LogP) is 3.69. The van der Waals surface area contributed by atoms with Gasteiger partial charge in [0.2, 0.25) is 15.9 Å². The number of carbonyl (C=O) groups is 1. The van der Waals surface area contributed by atoms with Crippen LogP contribution in [0, 0.1) is 0 Å². The monoisotopic (exact) mass is 454 g/mol. The number of amides is 1. The van der Waals surface area contributed by atoms with Crippen LogP contribution in [-0.4, -0.2) is 40.3 Å². The highest BCUT2D eigenvalue weighted by molar-refractivity contribution is 7.98. The van der Waals surface area contributed by atoms with E-state index in [9.17, 15) is 13.2 Å². The van der Waals surface area contributed by atoms with E-state index in [0.717, 1.165) is 17.7 Å². The Morgan fingerprint density at radius 1 is 1.21 bits per heavy atom. The van der Waals surface area contributed by atoms with Crippen LogP contribution in [0.25, 0.3) is 0 Å². The highest BCUT2D eigenvalue weighted by atomic mass is 35.5. The minimum atomic E-state index is -3.68. The first-order valence-corrected chi connectivity index (χ1v) is 12.2. The Balaban J connectivity index is 1.60. The summed E-state index contributed by atoms with van der Waals surface area (Å²) in [4.78, 5) is 13.8. The van der Waals surface area contributed by atoms with E-state index in [2.05, 4.69) is 4.72 Å². The highest BCUT2D eigenvalue weighted by Gasteiger charge is 2.26. The number of thioether (sulfide) groups is 1. The van der Waals surface area contributed by atoms with Gasteiger partial charge in [0, 0.05) is 36.0 Å². The molecular weight excluding hydrogens is 432 g/mol. The van der Waals surface area contributed by atoms with Gasteiger partial charge in [-0.15, -0.1) is 0 Å². The van der Waals surface area contributed by atoms with Crippen LogP contribution in [0.15, 0.2) is 47.4 Å². The second kappa shape index (κ2) is 9.84. The molecule has 2 aromatic carbocycles. The lowest BCUT2D eigenvalue weighted by molar-refractivity contribution is -0.117. The first kappa shape index (κ1) is 22.0. The van der Waals surface area contributed by atoms with Gasteiger partial charge in [0.25, 0.3) is 0 Å². The number of ether oxygens (including phenoxy) is 1. The van der Waals surface area contributed by atoms with Crippen molar-refractivity contribution in [1.29, 1.82) is 0 Å². The topological polar surface area (TPSA) is 75.7 Å². The van der Waals surface area contributed by atoms with Crippen molar-refractivity contribution in [3.05, 3.63) is 53.1 Å². The van der Waals surface area contributed by atoms with E-state index in [4.69, 9.17) is 16.3 Å². The Morgan fingerprint density at radius 3 is 2.62 bits per heavy atom. The van der Waals surface area contributed by atoms with E-state index >= 15 is 0 Å². The molecule has 6 nitrogen and oxygen atoms in total. The van der Waals surface area contributed by atoms with Gasteiger partial charge in [-0.25, -0.2) is 13.1 Å². The molecule has 1 amide bonds. The van der Waals surface area contributed by atoms with E-state index in [1.807, 2.05) is 24.3 Å². The van der Waals surface area contributed by atoms with E-state index in [0.29, 0.717) is 41.7 Å². The summed E-state index contributed by atoms with van der Waals surface area (Å²) in [6, 6.07) is 12.2. The normalized spacial score (nSPS) is 14.4. The molecule has 0 spiro atoms. The van der Waals surface area contributed by atoms with Crippen molar-refractivity contribution < 1.29 is 17.9 Å². The zero-order valence-corrected chi connectivity index (χ0v) is 18.4. The smallest absolute Gasteiger partial charge is 0.240 e. The number of hydrogen-bond acceptors (Lipinski definition) is 5. The largest absolute Gasteiger partial charge is 0.495 e. The van der Waals surface area contributed by atoms with Crippen LogP contribution in [0.3, 0.4) is 0 Å². The van der Waals surface area contributed by atoms with E-state index in [1.165, 1.54) is 19.2 Å². The zero-order valence-electron chi connectivity index (χ0n) is 16.1. The molecule has 1 aliphatic rings. The third-order valence-electron chi connectivity index (χ3n) is 4.55. The summed E-state index contributed by atoms with van der Waals surface area (Å²) in [7, 11) is -2.18. The molecule has 156 valence electrons. The Morgan fingerprint density at radius 2 is 1.97 bits per heavy atom. The maximum absolute atomic E-state index is 12.7. The molecule has 1 heterocycles. The minimum absolute atomic E-state index is 0.0237. The number of halogens is 1. The van der Waals surface area contributed by atoms with Crippen molar-refractivity contribution in [1.82, 2.24) is 4.72 Å². The van der Waals surface area contributed by atoms with Crippen molar-refractivity contribution in [2.45, 2.75) is 23.5 Å². The van der Waals surface area contributed by atoms with E-state index in [-0.39, 0.29) is 10.8 Å². The number of methoxy groups -OCH3 is 1. The lowest BCUT2D eigenvalue weighted by Crippen LogP contribution is -2.27. The number of carbonyl (C=O) groups excluding carboxylic acids is 1. The van der Waals surface area contributed by atoms with Gasteiger partial charge in [-0.3, -0.25) is 4.79 Å². The number of benzene rings is 2. The molecule has 0 aliphatic carbocycles.